The third kappa shape index (κ3) is 5.61. The Balaban J connectivity index is 2.37. The first kappa shape index (κ1) is 16.5. The molecular formula is C16H25NO3. The van der Waals surface area contributed by atoms with Gasteiger partial charge in [-0.25, -0.2) is 0 Å². The van der Waals surface area contributed by atoms with Gasteiger partial charge in [0, 0.05) is 19.2 Å². The molecule has 0 radical (unpaired) electrons. The smallest absolute Gasteiger partial charge is 0.306 e. The fourth-order valence-corrected chi connectivity index (χ4v) is 1.76. The fraction of sp³-hybridized carbons (Fsp3) is 0.562. The standard InChI is InChI=1S/C16H25NO3/c1-12(13-5-7-14(17)8-6-13)11-15(18)20-10-9-16(2,3)19-4/h5-8,12H,9-11,17H2,1-4H3. The molecule has 0 bridgehead atoms. The number of benzene rings is 1. The Hall–Kier alpha value is -1.55. The zero-order valence-electron chi connectivity index (χ0n) is 12.8. The van der Waals surface area contributed by atoms with Crippen LogP contribution in [0.5, 0.6) is 0 Å². The van der Waals surface area contributed by atoms with Gasteiger partial charge in [0.05, 0.1) is 18.6 Å². The highest BCUT2D eigenvalue weighted by Crippen LogP contribution is 2.21. The minimum Gasteiger partial charge on any atom is -0.466 e. The van der Waals surface area contributed by atoms with Crippen LogP contribution in [0.2, 0.25) is 0 Å². The molecular weight excluding hydrogens is 254 g/mol. The van der Waals surface area contributed by atoms with E-state index in [4.69, 9.17) is 15.2 Å². The van der Waals surface area contributed by atoms with E-state index in [9.17, 15) is 4.79 Å². The van der Waals surface area contributed by atoms with Gasteiger partial charge in [0.25, 0.3) is 0 Å². The van der Waals surface area contributed by atoms with Gasteiger partial charge < -0.3 is 15.2 Å². The average molecular weight is 279 g/mol. The first-order chi connectivity index (χ1) is 9.34. The lowest BCUT2D eigenvalue weighted by molar-refractivity contribution is -0.145. The van der Waals surface area contributed by atoms with E-state index in [2.05, 4.69) is 0 Å². The Morgan fingerprint density at radius 3 is 2.45 bits per heavy atom. The second-order valence-electron chi connectivity index (χ2n) is 5.71. The van der Waals surface area contributed by atoms with E-state index < -0.39 is 0 Å². The number of anilines is 1. The molecule has 0 aliphatic carbocycles. The van der Waals surface area contributed by atoms with Crippen LogP contribution in [0.3, 0.4) is 0 Å². The number of hydrogen-bond donors (Lipinski definition) is 1. The van der Waals surface area contributed by atoms with Crippen molar-refractivity contribution in [1.82, 2.24) is 0 Å². The summed E-state index contributed by atoms with van der Waals surface area (Å²) >= 11 is 0. The van der Waals surface area contributed by atoms with Crippen LogP contribution in [0.25, 0.3) is 0 Å². The van der Waals surface area contributed by atoms with Crippen molar-refractivity contribution in [3.05, 3.63) is 29.8 Å². The Kier molecular flexibility index (Phi) is 6.02. The molecule has 1 atom stereocenters. The number of esters is 1. The molecule has 1 aromatic carbocycles. The number of methoxy groups -OCH3 is 1. The van der Waals surface area contributed by atoms with Gasteiger partial charge in [0.1, 0.15) is 0 Å². The monoisotopic (exact) mass is 279 g/mol. The van der Waals surface area contributed by atoms with Crippen LogP contribution in [-0.2, 0) is 14.3 Å². The normalized spacial score (nSPS) is 13.0. The number of hydrogen-bond acceptors (Lipinski definition) is 4. The van der Waals surface area contributed by atoms with Gasteiger partial charge in [0.15, 0.2) is 0 Å². The van der Waals surface area contributed by atoms with Crippen LogP contribution in [0.1, 0.15) is 45.1 Å². The maximum Gasteiger partial charge on any atom is 0.306 e. The number of ether oxygens (including phenoxy) is 2. The van der Waals surface area contributed by atoms with Gasteiger partial charge in [-0.15, -0.1) is 0 Å². The molecule has 0 aliphatic rings. The molecule has 0 aromatic heterocycles. The highest BCUT2D eigenvalue weighted by atomic mass is 16.5. The topological polar surface area (TPSA) is 61.5 Å². The van der Waals surface area contributed by atoms with E-state index in [1.54, 1.807) is 7.11 Å². The van der Waals surface area contributed by atoms with Crippen molar-refractivity contribution in [2.45, 2.75) is 45.1 Å². The number of rotatable bonds is 7. The lowest BCUT2D eigenvalue weighted by Crippen LogP contribution is -2.25. The summed E-state index contributed by atoms with van der Waals surface area (Å²) < 4.78 is 10.5. The second kappa shape index (κ2) is 7.29. The summed E-state index contributed by atoms with van der Waals surface area (Å²) in [4.78, 5) is 11.8. The van der Waals surface area contributed by atoms with Gasteiger partial charge >= 0.3 is 5.97 Å². The third-order valence-corrected chi connectivity index (χ3v) is 3.50. The van der Waals surface area contributed by atoms with E-state index >= 15 is 0 Å². The first-order valence-corrected chi connectivity index (χ1v) is 6.90. The van der Waals surface area contributed by atoms with Crippen LogP contribution in [-0.4, -0.2) is 25.3 Å². The molecule has 0 fully saturated rings. The zero-order valence-corrected chi connectivity index (χ0v) is 12.8. The molecule has 2 N–H and O–H groups in total. The van der Waals surface area contributed by atoms with E-state index in [0.717, 1.165) is 11.3 Å². The highest BCUT2D eigenvalue weighted by molar-refractivity contribution is 5.70. The van der Waals surface area contributed by atoms with Gasteiger partial charge in [-0.05, 0) is 37.5 Å². The quantitative estimate of drug-likeness (QED) is 0.615. The highest BCUT2D eigenvalue weighted by Gasteiger charge is 2.18. The summed E-state index contributed by atoms with van der Waals surface area (Å²) in [6.45, 7) is 6.33. The molecule has 0 saturated heterocycles. The molecule has 0 aliphatic heterocycles. The summed E-state index contributed by atoms with van der Waals surface area (Å²) in [5.74, 6) is -0.0558. The maximum absolute atomic E-state index is 11.8. The van der Waals surface area contributed by atoms with Crippen LogP contribution in [0.15, 0.2) is 24.3 Å². The van der Waals surface area contributed by atoms with Crippen molar-refractivity contribution < 1.29 is 14.3 Å². The van der Waals surface area contributed by atoms with E-state index in [0.29, 0.717) is 19.4 Å². The van der Waals surface area contributed by atoms with Gasteiger partial charge in [-0.1, -0.05) is 19.1 Å². The Bertz CT molecular complexity index is 426. The van der Waals surface area contributed by atoms with Crippen molar-refractivity contribution in [2.24, 2.45) is 0 Å². The lowest BCUT2D eigenvalue weighted by Gasteiger charge is -2.22. The molecule has 1 rings (SSSR count). The summed E-state index contributed by atoms with van der Waals surface area (Å²) in [7, 11) is 1.66. The lowest BCUT2D eigenvalue weighted by atomic mass is 9.98. The Morgan fingerprint density at radius 2 is 1.90 bits per heavy atom. The minimum absolute atomic E-state index is 0.124. The van der Waals surface area contributed by atoms with Crippen molar-refractivity contribution >= 4 is 11.7 Å². The number of nitrogen functional groups attached to an aromatic ring is 1. The number of carbonyl (C=O) groups is 1. The molecule has 112 valence electrons. The minimum atomic E-state index is -0.261. The molecule has 4 heteroatoms. The molecule has 4 nitrogen and oxygen atoms in total. The Morgan fingerprint density at radius 1 is 1.30 bits per heavy atom. The number of nitrogens with two attached hydrogens (primary N) is 1. The average Bonchev–Trinajstić information content (AvgIpc) is 2.39. The van der Waals surface area contributed by atoms with E-state index in [1.165, 1.54) is 0 Å². The van der Waals surface area contributed by atoms with Gasteiger partial charge in [-0.3, -0.25) is 4.79 Å². The van der Waals surface area contributed by atoms with Crippen LogP contribution < -0.4 is 5.73 Å². The molecule has 1 unspecified atom stereocenters. The van der Waals surface area contributed by atoms with Crippen molar-refractivity contribution in [3.8, 4) is 0 Å². The van der Waals surface area contributed by atoms with E-state index in [1.807, 2.05) is 45.0 Å². The molecule has 0 amide bonds. The summed E-state index contributed by atoms with van der Waals surface area (Å²) in [6.07, 6.45) is 1.06. The van der Waals surface area contributed by atoms with Gasteiger partial charge in [0.2, 0.25) is 0 Å². The predicted molar refractivity (Wildman–Crippen MR) is 80.6 cm³/mol. The summed E-state index contributed by atoms with van der Waals surface area (Å²) in [5, 5.41) is 0. The zero-order chi connectivity index (χ0) is 15.2. The number of carbonyl (C=O) groups excluding carboxylic acids is 1. The molecule has 0 heterocycles. The van der Waals surface area contributed by atoms with Crippen molar-refractivity contribution in [1.29, 1.82) is 0 Å². The molecule has 1 aromatic rings. The Labute approximate surface area is 121 Å². The predicted octanol–water partition coefficient (Wildman–Crippen LogP) is 3.12. The van der Waals surface area contributed by atoms with Gasteiger partial charge in [-0.2, -0.15) is 0 Å². The summed E-state index contributed by atoms with van der Waals surface area (Å²) in [5.41, 5.74) is 7.20. The largest absolute Gasteiger partial charge is 0.466 e. The van der Waals surface area contributed by atoms with Crippen LogP contribution in [0.4, 0.5) is 5.69 Å². The SMILES string of the molecule is COC(C)(C)CCOC(=O)CC(C)c1ccc(N)cc1. The first-order valence-electron chi connectivity index (χ1n) is 6.90. The molecule has 20 heavy (non-hydrogen) atoms. The molecule has 0 spiro atoms. The third-order valence-electron chi connectivity index (χ3n) is 3.50. The fourth-order valence-electron chi connectivity index (χ4n) is 1.76. The van der Waals surface area contributed by atoms with E-state index in [-0.39, 0.29) is 17.5 Å². The van der Waals surface area contributed by atoms with Crippen LogP contribution >= 0.6 is 0 Å². The molecule has 0 saturated carbocycles. The maximum atomic E-state index is 11.8. The van der Waals surface area contributed by atoms with Crippen molar-refractivity contribution in [3.63, 3.8) is 0 Å². The second-order valence-corrected chi connectivity index (χ2v) is 5.71. The van der Waals surface area contributed by atoms with Crippen LogP contribution in [0, 0.1) is 0 Å². The summed E-state index contributed by atoms with van der Waals surface area (Å²) in [6, 6.07) is 7.58. The van der Waals surface area contributed by atoms with Crippen molar-refractivity contribution in [2.75, 3.05) is 19.5 Å².